The van der Waals surface area contributed by atoms with E-state index < -0.39 is 0 Å². The lowest BCUT2D eigenvalue weighted by Crippen LogP contribution is -2.53. The van der Waals surface area contributed by atoms with E-state index in [1.54, 1.807) is 0 Å². The molecule has 17 heavy (non-hydrogen) atoms. The number of nitrogens with zero attached hydrogens (tertiary/aromatic N) is 1. The van der Waals surface area contributed by atoms with Crippen molar-refractivity contribution in [1.29, 1.82) is 0 Å². The van der Waals surface area contributed by atoms with Crippen LogP contribution in [0.5, 0.6) is 0 Å². The number of carbonyl (C=O) groups excluding carboxylic acids is 1. The normalized spacial score (nSPS) is 18.7. The molecule has 4 nitrogen and oxygen atoms in total. The molecule has 92 valence electrons. The highest BCUT2D eigenvalue weighted by Gasteiger charge is 2.32. The van der Waals surface area contributed by atoms with Gasteiger partial charge >= 0.3 is 5.97 Å². The number of hydrogen-bond acceptors (Lipinski definition) is 3. The lowest BCUT2D eigenvalue weighted by molar-refractivity contribution is 0.0495. The summed E-state index contributed by atoms with van der Waals surface area (Å²) in [5, 5.41) is 0. The Morgan fingerprint density at radius 2 is 1.94 bits per heavy atom. The SMILES string of the molecule is COC(=O)c1ccccc1[N+]1(C)CCOCC1. The number of para-hydroxylation sites is 1. The number of ether oxygens (including phenoxy) is 2. The third kappa shape index (κ3) is 2.33. The molecule has 1 aliphatic heterocycles. The van der Waals surface area contributed by atoms with Crippen LogP contribution in [0.15, 0.2) is 24.3 Å². The topological polar surface area (TPSA) is 35.5 Å². The fourth-order valence-electron chi connectivity index (χ4n) is 2.21. The average Bonchev–Trinajstić information content (AvgIpc) is 2.39. The van der Waals surface area contributed by atoms with Crippen molar-refractivity contribution in [2.75, 3.05) is 40.5 Å². The van der Waals surface area contributed by atoms with Gasteiger partial charge in [-0.1, -0.05) is 12.1 Å². The van der Waals surface area contributed by atoms with E-state index in [9.17, 15) is 4.79 Å². The Kier molecular flexibility index (Phi) is 3.45. The van der Waals surface area contributed by atoms with Crippen LogP contribution in [0.3, 0.4) is 0 Å². The van der Waals surface area contributed by atoms with Gasteiger partial charge < -0.3 is 9.47 Å². The van der Waals surface area contributed by atoms with Gasteiger partial charge in [0.05, 0.1) is 27.4 Å². The van der Waals surface area contributed by atoms with Gasteiger partial charge in [-0.05, 0) is 6.07 Å². The summed E-state index contributed by atoms with van der Waals surface area (Å²) >= 11 is 0. The summed E-state index contributed by atoms with van der Waals surface area (Å²) in [6.45, 7) is 3.22. The van der Waals surface area contributed by atoms with Crippen LogP contribution in [0.25, 0.3) is 0 Å². The second-order valence-corrected chi connectivity index (χ2v) is 4.46. The first-order chi connectivity index (χ1) is 8.17. The Hall–Kier alpha value is -1.39. The Balaban J connectivity index is 2.40. The van der Waals surface area contributed by atoms with Crippen molar-refractivity contribution in [1.82, 2.24) is 4.48 Å². The summed E-state index contributed by atoms with van der Waals surface area (Å²) in [6.07, 6.45) is 0. The first-order valence-electron chi connectivity index (χ1n) is 5.77. The molecule has 0 bridgehead atoms. The first-order valence-corrected chi connectivity index (χ1v) is 5.77. The maximum absolute atomic E-state index is 11.8. The molecule has 0 N–H and O–H groups in total. The Labute approximate surface area is 101 Å². The van der Waals surface area contributed by atoms with Gasteiger partial charge in [-0.25, -0.2) is 4.79 Å². The van der Waals surface area contributed by atoms with Crippen LogP contribution in [-0.4, -0.2) is 46.4 Å². The van der Waals surface area contributed by atoms with Crippen molar-refractivity contribution < 1.29 is 14.3 Å². The Morgan fingerprint density at radius 1 is 1.29 bits per heavy atom. The van der Waals surface area contributed by atoms with Crippen molar-refractivity contribution in [2.45, 2.75) is 0 Å². The summed E-state index contributed by atoms with van der Waals surface area (Å²) < 4.78 is 10.9. The molecule has 1 aromatic carbocycles. The van der Waals surface area contributed by atoms with Crippen molar-refractivity contribution in [3.8, 4) is 0 Å². The molecule has 1 aliphatic rings. The molecule has 0 unspecified atom stereocenters. The second kappa shape index (κ2) is 4.85. The van der Waals surface area contributed by atoms with Gasteiger partial charge in [-0.15, -0.1) is 0 Å². The molecule has 0 amide bonds. The summed E-state index contributed by atoms with van der Waals surface area (Å²) in [5.41, 5.74) is 1.67. The molecule has 1 saturated heterocycles. The molecule has 1 fully saturated rings. The number of quaternary nitrogens is 1. The summed E-state index contributed by atoms with van der Waals surface area (Å²) in [6, 6.07) is 7.64. The standard InChI is InChI=1S/C13H18NO3/c1-14(7-9-17-10-8-14)12-6-4-3-5-11(12)13(15)16-2/h3-6H,7-10H2,1-2H3/q+1. The highest BCUT2D eigenvalue weighted by Crippen LogP contribution is 2.27. The largest absolute Gasteiger partial charge is 0.465 e. The van der Waals surface area contributed by atoms with Gasteiger partial charge in [0.15, 0.2) is 0 Å². The number of rotatable bonds is 2. The highest BCUT2D eigenvalue weighted by molar-refractivity contribution is 5.95. The number of methoxy groups -OCH3 is 1. The second-order valence-electron chi connectivity index (χ2n) is 4.46. The van der Waals surface area contributed by atoms with E-state index in [2.05, 4.69) is 7.05 Å². The lowest BCUT2D eigenvalue weighted by Gasteiger charge is -2.37. The van der Waals surface area contributed by atoms with Gasteiger partial charge in [0.1, 0.15) is 24.3 Å². The zero-order valence-electron chi connectivity index (χ0n) is 10.3. The molecule has 2 rings (SSSR count). The molecular formula is C13H18NO3+. The average molecular weight is 236 g/mol. The van der Waals surface area contributed by atoms with Crippen LogP contribution < -0.4 is 4.48 Å². The molecule has 0 radical (unpaired) electrons. The molecule has 0 aromatic heterocycles. The number of morpholine rings is 1. The fraction of sp³-hybridized carbons (Fsp3) is 0.462. The van der Waals surface area contributed by atoms with Gasteiger partial charge in [-0.2, -0.15) is 0 Å². The predicted octanol–water partition coefficient (Wildman–Crippen LogP) is 1.44. The number of benzene rings is 1. The van der Waals surface area contributed by atoms with Crippen molar-refractivity contribution in [2.24, 2.45) is 0 Å². The molecule has 0 aliphatic carbocycles. The van der Waals surface area contributed by atoms with Crippen molar-refractivity contribution in [3.63, 3.8) is 0 Å². The fourth-order valence-corrected chi connectivity index (χ4v) is 2.21. The quantitative estimate of drug-likeness (QED) is 0.576. The Morgan fingerprint density at radius 3 is 2.59 bits per heavy atom. The van der Waals surface area contributed by atoms with Crippen LogP contribution in [0, 0.1) is 0 Å². The maximum Gasteiger partial charge on any atom is 0.343 e. The predicted molar refractivity (Wildman–Crippen MR) is 66.1 cm³/mol. The van der Waals surface area contributed by atoms with Crippen LogP contribution in [0.1, 0.15) is 10.4 Å². The van der Waals surface area contributed by atoms with Crippen LogP contribution in [0.2, 0.25) is 0 Å². The molecule has 0 atom stereocenters. The zero-order valence-corrected chi connectivity index (χ0v) is 10.3. The van der Waals surface area contributed by atoms with Crippen LogP contribution in [0.4, 0.5) is 5.69 Å². The number of esters is 1. The smallest absolute Gasteiger partial charge is 0.343 e. The minimum atomic E-state index is -0.272. The summed E-state index contributed by atoms with van der Waals surface area (Å²) in [7, 11) is 3.54. The van der Waals surface area contributed by atoms with E-state index in [4.69, 9.17) is 9.47 Å². The number of likely N-dealkylation sites (N-methyl/N-ethyl adjacent to an activating group) is 1. The van der Waals surface area contributed by atoms with E-state index in [0.29, 0.717) is 5.56 Å². The van der Waals surface area contributed by atoms with Gasteiger partial charge in [-0.3, -0.25) is 4.48 Å². The van der Waals surface area contributed by atoms with Crippen molar-refractivity contribution in [3.05, 3.63) is 29.8 Å². The maximum atomic E-state index is 11.8. The minimum absolute atomic E-state index is 0.272. The van der Waals surface area contributed by atoms with Gasteiger partial charge in [0, 0.05) is 6.07 Å². The van der Waals surface area contributed by atoms with E-state index in [1.165, 1.54) is 7.11 Å². The molecular weight excluding hydrogens is 218 g/mol. The van der Waals surface area contributed by atoms with Gasteiger partial charge in [0.25, 0.3) is 0 Å². The first kappa shape index (κ1) is 12.1. The Bertz CT molecular complexity index is 411. The van der Waals surface area contributed by atoms with Crippen LogP contribution in [-0.2, 0) is 9.47 Å². The van der Waals surface area contributed by atoms with E-state index in [1.807, 2.05) is 24.3 Å². The van der Waals surface area contributed by atoms with E-state index in [0.717, 1.165) is 36.5 Å². The highest BCUT2D eigenvalue weighted by atomic mass is 16.5. The van der Waals surface area contributed by atoms with E-state index in [-0.39, 0.29) is 5.97 Å². The zero-order chi connectivity index (χ0) is 12.3. The summed E-state index contributed by atoms with van der Waals surface area (Å²) in [4.78, 5) is 11.8. The monoisotopic (exact) mass is 236 g/mol. The van der Waals surface area contributed by atoms with Crippen LogP contribution >= 0.6 is 0 Å². The molecule has 0 saturated carbocycles. The molecule has 0 spiro atoms. The molecule has 1 heterocycles. The third-order valence-electron chi connectivity index (χ3n) is 3.35. The number of carbonyl (C=O) groups is 1. The van der Waals surface area contributed by atoms with Gasteiger partial charge in [0.2, 0.25) is 0 Å². The van der Waals surface area contributed by atoms with Crippen molar-refractivity contribution >= 4 is 11.7 Å². The van der Waals surface area contributed by atoms with E-state index >= 15 is 0 Å². The molecule has 4 heteroatoms. The third-order valence-corrected chi connectivity index (χ3v) is 3.35. The summed E-state index contributed by atoms with van der Waals surface area (Å²) in [5.74, 6) is -0.272. The lowest BCUT2D eigenvalue weighted by atomic mass is 10.1. The number of hydrogen-bond donors (Lipinski definition) is 0. The minimum Gasteiger partial charge on any atom is -0.465 e. The molecule has 1 aromatic rings.